The van der Waals surface area contributed by atoms with Gasteiger partial charge in [0.05, 0.1) is 11.8 Å². The largest absolute Gasteiger partial charge is 0.331 e. The molecular formula is C24H33N5O2. The number of nitrogens with one attached hydrogen (secondary N) is 1. The molecule has 0 aliphatic carbocycles. The number of benzene rings is 1. The summed E-state index contributed by atoms with van der Waals surface area (Å²) in [5, 5.41) is 11.4. The van der Waals surface area contributed by atoms with Crippen molar-refractivity contribution in [1.29, 1.82) is 0 Å². The van der Waals surface area contributed by atoms with Gasteiger partial charge in [0, 0.05) is 18.3 Å². The van der Waals surface area contributed by atoms with E-state index >= 15 is 0 Å². The highest BCUT2D eigenvalue weighted by molar-refractivity contribution is 6.20. The van der Waals surface area contributed by atoms with Gasteiger partial charge in [-0.1, -0.05) is 76.3 Å². The number of carbonyl (C=O) groups excluding carboxylic acids is 2. The number of hydrogen-bond donors (Lipinski definition) is 1. The minimum absolute atomic E-state index is 0.0535. The van der Waals surface area contributed by atoms with Gasteiger partial charge >= 0.3 is 0 Å². The molecule has 2 aromatic rings. The van der Waals surface area contributed by atoms with E-state index in [0.29, 0.717) is 16.8 Å². The van der Waals surface area contributed by atoms with Crippen LogP contribution in [0.15, 0.2) is 42.7 Å². The van der Waals surface area contributed by atoms with Crippen molar-refractivity contribution >= 4 is 17.4 Å². The first-order valence-corrected chi connectivity index (χ1v) is 11.3. The number of carbonyl (C=O) groups is 2. The second-order valence-corrected chi connectivity index (χ2v) is 8.42. The molecule has 0 saturated heterocycles. The molecule has 1 aliphatic rings. The molecule has 2 amide bonds. The van der Waals surface area contributed by atoms with Gasteiger partial charge in [-0.25, -0.2) is 0 Å². The first-order valence-electron chi connectivity index (χ1n) is 11.3. The van der Waals surface area contributed by atoms with Gasteiger partial charge in [-0.3, -0.25) is 19.2 Å². The Morgan fingerprint density at radius 2 is 1.81 bits per heavy atom. The van der Waals surface area contributed by atoms with E-state index in [-0.39, 0.29) is 17.7 Å². The summed E-state index contributed by atoms with van der Waals surface area (Å²) >= 11 is 0. The zero-order chi connectivity index (χ0) is 22.2. The standard InChI is InChI=1S/C24H33N5O2/c1-4-5-6-7-8-12-15-28-17-21(26-27-28)20-16-29(22(18(2)3)25-23(20)30)24(31)19-13-10-9-11-14-19/h9-11,13-14,16-18,22H,4-8,12,15H2,1-3H3,(H,25,30)/t22-/m0/s1. The van der Waals surface area contributed by atoms with Crippen LogP contribution in [0.5, 0.6) is 0 Å². The first kappa shape index (κ1) is 22.7. The molecule has 1 aliphatic heterocycles. The fraction of sp³-hybridized carbons (Fsp3) is 0.500. The van der Waals surface area contributed by atoms with Crippen LogP contribution >= 0.6 is 0 Å². The van der Waals surface area contributed by atoms with E-state index in [0.717, 1.165) is 19.4 Å². The quantitative estimate of drug-likeness (QED) is 0.580. The number of aryl methyl sites for hydroxylation is 1. The van der Waals surface area contributed by atoms with E-state index in [1.54, 1.807) is 34.1 Å². The van der Waals surface area contributed by atoms with E-state index < -0.39 is 6.17 Å². The molecule has 1 aromatic heterocycles. The summed E-state index contributed by atoms with van der Waals surface area (Å²) in [5.41, 5.74) is 1.42. The third-order valence-electron chi connectivity index (χ3n) is 5.53. The topological polar surface area (TPSA) is 80.1 Å². The lowest BCUT2D eigenvalue weighted by atomic mass is 10.0. The number of hydrogen-bond acceptors (Lipinski definition) is 4. The van der Waals surface area contributed by atoms with Crippen molar-refractivity contribution in [3.8, 4) is 0 Å². The molecule has 2 heterocycles. The Morgan fingerprint density at radius 3 is 2.52 bits per heavy atom. The van der Waals surface area contributed by atoms with E-state index in [2.05, 4.69) is 22.6 Å². The molecule has 0 fully saturated rings. The van der Waals surface area contributed by atoms with Gasteiger partial charge in [-0.15, -0.1) is 5.10 Å². The second-order valence-electron chi connectivity index (χ2n) is 8.42. The highest BCUT2D eigenvalue weighted by Crippen LogP contribution is 2.24. The average molecular weight is 424 g/mol. The summed E-state index contributed by atoms with van der Waals surface area (Å²) < 4.78 is 1.78. The smallest absolute Gasteiger partial charge is 0.259 e. The molecule has 0 bridgehead atoms. The maximum Gasteiger partial charge on any atom is 0.259 e. The molecule has 0 spiro atoms. The Bertz CT molecular complexity index is 904. The highest BCUT2D eigenvalue weighted by Gasteiger charge is 2.34. The molecule has 1 N–H and O–H groups in total. The molecule has 166 valence electrons. The Hall–Kier alpha value is -2.96. The zero-order valence-corrected chi connectivity index (χ0v) is 18.8. The monoisotopic (exact) mass is 423 g/mol. The predicted molar refractivity (Wildman–Crippen MR) is 121 cm³/mol. The molecule has 0 saturated carbocycles. The number of amides is 2. The Balaban J connectivity index is 1.74. The summed E-state index contributed by atoms with van der Waals surface area (Å²) in [7, 11) is 0. The van der Waals surface area contributed by atoms with Gasteiger partial charge in [-0.2, -0.15) is 0 Å². The molecule has 0 unspecified atom stereocenters. The molecule has 0 radical (unpaired) electrons. The average Bonchev–Trinajstić information content (AvgIpc) is 3.24. The molecule has 3 rings (SSSR count). The molecule has 1 aromatic carbocycles. The summed E-state index contributed by atoms with van der Waals surface area (Å²) in [4.78, 5) is 27.5. The fourth-order valence-corrected chi connectivity index (χ4v) is 3.73. The maximum absolute atomic E-state index is 13.1. The number of rotatable bonds is 10. The molecular weight excluding hydrogens is 390 g/mol. The van der Waals surface area contributed by atoms with Gasteiger partial charge in [-0.05, 0) is 24.5 Å². The number of nitrogens with zero attached hydrogens (tertiary/aromatic N) is 4. The highest BCUT2D eigenvalue weighted by atomic mass is 16.2. The van der Waals surface area contributed by atoms with Crippen molar-refractivity contribution in [2.24, 2.45) is 5.92 Å². The van der Waals surface area contributed by atoms with Gasteiger partial charge in [0.25, 0.3) is 11.8 Å². The predicted octanol–water partition coefficient (Wildman–Crippen LogP) is 4.23. The molecule has 1 atom stereocenters. The molecule has 7 nitrogen and oxygen atoms in total. The van der Waals surface area contributed by atoms with Crippen LogP contribution in [0.4, 0.5) is 0 Å². The SMILES string of the molecule is CCCCCCCCn1cc(C2=CN(C(=O)c3ccccc3)[C@@H](C(C)C)NC2=O)nn1. The number of aromatic nitrogens is 3. The van der Waals surface area contributed by atoms with Gasteiger partial charge in [0.1, 0.15) is 11.9 Å². The Kier molecular flexibility index (Phi) is 7.98. The lowest BCUT2D eigenvalue weighted by Crippen LogP contribution is -2.54. The number of unbranched alkanes of at least 4 members (excludes halogenated alkanes) is 5. The lowest BCUT2D eigenvalue weighted by Gasteiger charge is -2.36. The van der Waals surface area contributed by atoms with Crippen LogP contribution in [0.3, 0.4) is 0 Å². The summed E-state index contributed by atoms with van der Waals surface area (Å²) in [6, 6.07) is 9.09. The summed E-state index contributed by atoms with van der Waals surface area (Å²) in [6.07, 6.45) is 10.2. The third-order valence-corrected chi connectivity index (χ3v) is 5.53. The van der Waals surface area contributed by atoms with E-state index in [9.17, 15) is 9.59 Å². The Labute approximate surface area is 184 Å². The van der Waals surface area contributed by atoms with E-state index in [1.807, 2.05) is 32.0 Å². The van der Waals surface area contributed by atoms with E-state index in [1.165, 1.54) is 25.7 Å². The third kappa shape index (κ3) is 5.81. The van der Waals surface area contributed by atoms with Crippen molar-refractivity contribution in [3.05, 3.63) is 54.0 Å². The van der Waals surface area contributed by atoms with Crippen LogP contribution in [0, 0.1) is 5.92 Å². The van der Waals surface area contributed by atoms with Crippen LogP contribution in [-0.4, -0.2) is 37.9 Å². The maximum atomic E-state index is 13.1. The van der Waals surface area contributed by atoms with Crippen molar-refractivity contribution in [2.45, 2.75) is 72.0 Å². The first-order chi connectivity index (χ1) is 15.0. The van der Waals surface area contributed by atoms with Crippen LogP contribution in [0.1, 0.15) is 75.3 Å². The minimum Gasteiger partial charge on any atom is -0.331 e. The molecule has 7 heteroatoms. The van der Waals surface area contributed by atoms with Crippen LogP contribution < -0.4 is 5.32 Å². The van der Waals surface area contributed by atoms with Crippen molar-refractivity contribution in [2.75, 3.05) is 0 Å². The van der Waals surface area contributed by atoms with Crippen molar-refractivity contribution < 1.29 is 9.59 Å². The van der Waals surface area contributed by atoms with Crippen LogP contribution in [0.2, 0.25) is 0 Å². The fourth-order valence-electron chi connectivity index (χ4n) is 3.73. The summed E-state index contributed by atoms with van der Waals surface area (Å²) in [6.45, 7) is 6.94. The van der Waals surface area contributed by atoms with Crippen molar-refractivity contribution in [3.63, 3.8) is 0 Å². The summed E-state index contributed by atoms with van der Waals surface area (Å²) in [5.74, 6) is -0.337. The normalized spacial score (nSPS) is 16.4. The van der Waals surface area contributed by atoms with Crippen molar-refractivity contribution in [1.82, 2.24) is 25.2 Å². The van der Waals surface area contributed by atoms with Crippen LogP contribution in [0.25, 0.3) is 5.57 Å². The van der Waals surface area contributed by atoms with Gasteiger partial charge in [0.2, 0.25) is 0 Å². The Morgan fingerprint density at radius 1 is 1.10 bits per heavy atom. The lowest BCUT2D eigenvalue weighted by molar-refractivity contribution is -0.118. The molecule has 31 heavy (non-hydrogen) atoms. The van der Waals surface area contributed by atoms with E-state index in [4.69, 9.17) is 0 Å². The zero-order valence-electron chi connectivity index (χ0n) is 18.8. The van der Waals surface area contributed by atoms with Crippen LogP contribution in [-0.2, 0) is 11.3 Å². The van der Waals surface area contributed by atoms with Gasteiger partial charge < -0.3 is 5.32 Å². The van der Waals surface area contributed by atoms with Gasteiger partial charge in [0.15, 0.2) is 0 Å². The second kappa shape index (κ2) is 10.9. The minimum atomic E-state index is -0.415.